The Balaban J connectivity index is 1.39. The van der Waals surface area contributed by atoms with Crippen molar-refractivity contribution < 1.29 is 9.32 Å². The normalized spacial score (nSPS) is 21.0. The maximum Gasteiger partial charge on any atom is 0.290 e. The van der Waals surface area contributed by atoms with E-state index in [4.69, 9.17) is 4.52 Å². The molecule has 124 valence electrons. The van der Waals surface area contributed by atoms with E-state index >= 15 is 0 Å². The molecule has 0 atom stereocenters. The van der Waals surface area contributed by atoms with Crippen molar-refractivity contribution in [2.75, 3.05) is 0 Å². The SMILES string of the molecule is Cc1cnn(C2CCC(NC(=O)c3onc4ncccc34)CC2)c1. The lowest BCUT2D eigenvalue weighted by Gasteiger charge is -2.29. The number of hydrogen-bond acceptors (Lipinski definition) is 5. The van der Waals surface area contributed by atoms with Crippen molar-refractivity contribution in [2.45, 2.75) is 44.7 Å². The molecule has 0 spiro atoms. The Bertz CT molecular complexity index is 861. The fraction of sp³-hybridized carbons (Fsp3) is 0.412. The number of nitrogens with one attached hydrogen (secondary N) is 1. The summed E-state index contributed by atoms with van der Waals surface area (Å²) in [6.07, 6.45) is 9.47. The zero-order valence-corrected chi connectivity index (χ0v) is 13.5. The molecule has 7 heteroatoms. The van der Waals surface area contributed by atoms with Crippen molar-refractivity contribution in [1.29, 1.82) is 0 Å². The van der Waals surface area contributed by atoms with E-state index in [0.29, 0.717) is 17.1 Å². The van der Waals surface area contributed by atoms with E-state index in [-0.39, 0.29) is 17.7 Å². The summed E-state index contributed by atoms with van der Waals surface area (Å²) >= 11 is 0. The maximum absolute atomic E-state index is 12.5. The van der Waals surface area contributed by atoms with Gasteiger partial charge in [0.25, 0.3) is 5.91 Å². The van der Waals surface area contributed by atoms with Gasteiger partial charge in [0, 0.05) is 18.4 Å². The summed E-state index contributed by atoms with van der Waals surface area (Å²) in [7, 11) is 0. The number of hydrogen-bond donors (Lipinski definition) is 1. The molecule has 1 fully saturated rings. The van der Waals surface area contributed by atoms with Crippen LogP contribution in [0.2, 0.25) is 0 Å². The highest BCUT2D eigenvalue weighted by molar-refractivity contribution is 6.02. The van der Waals surface area contributed by atoms with Gasteiger partial charge in [-0.3, -0.25) is 9.48 Å². The van der Waals surface area contributed by atoms with Crippen LogP contribution in [0.1, 0.15) is 47.8 Å². The van der Waals surface area contributed by atoms with E-state index in [1.807, 2.05) is 17.8 Å². The molecular formula is C17H19N5O2. The smallest absolute Gasteiger partial charge is 0.290 e. The molecule has 24 heavy (non-hydrogen) atoms. The van der Waals surface area contributed by atoms with Gasteiger partial charge in [-0.05, 0) is 50.3 Å². The number of carbonyl (C=O) groups excluding carboxylic acids is 1. The lowest BCUT2D eigenvalue weighted by Crippen LogP contribution is -2.38. The molecule has 0 bridgehead atoms. The first kappa shape index (κ1) is 14.9. The molecule has 3 heterocycles. The zero-order chi connectivity index (χ0) is 16.5. The first-order valence-electron chi connectivity index (χ1n) is 8.23. The van der Waals surface area contributed by atoms with Crippen LogP contribution in [-0.2, 0) is 0 Å². The first-order chi connectivity index (χ1) is 11.7. The first-order valence-corrected chi connectivity index (χ1v) is 8.23. The predicted octanol–water partition coefficient (Wildman–Crippen LogP) is 2.64. The molecule has 0 aliphatic heterocycles. The van der Waals surface area contributed by atoms with Crippen LogP contribution < -0.4 is 5.32 Å². The van der Waals surface area contributed by atoms with Gasteiger partial charge in [-0.25, -0.2) is 4.98 Å². The lowest BCUT2D eigenvalue weighted by atomic mass is 9.91. The van der Waals surface area contributed by atoms with Gasteiger partial charge in [-0.1, -0.05) is 5.16 Å². The molecule has 1 saturated carbocycles. The summed E-state index contributed by atoms with van der Waals surface area (Å²) in [5, 5.41) is 11.9. The fourth-order valence-corrected chi connectivity index (χ4v) is 3.32. The van der Waals surface area contributed by atoms with Crippen molar-refractivity contribution in [3.05, 3.63) is 42.0 Å². The Labute approximate surface area is 139 Å². The summed E-state index contributed by atoms with van der Waals surface area (Å²) in [4.78, 5) is 16.5. The summed E-state index contributed by atoms with van der Waals surface area (Å²) in [6.45, 7) is 2.05. The molecule has 4 rings (SSSR count). The predicted molar refractivity (Wildman–Crippen MR) is 87.5 cm³/mol. The minimum Gasteiger partial charge on any atom is -0.348 e. The third-order valence-electron chi connectivity index (χ3n) is 4.60. The van der Waals surface area contributed by atoms with Crippen molar-refractivity contribution in [1.82, 2.24) is 25.2 Å². The van der Waals surface area contributed by atoms with Crippen LogP contribution in [0.25, 0.3) is 11.0 Å². The third kappa shape index (κ3) is 2.77. The minimum absolute atomic E-state index is 0.155. The molecule has 1 aliphatic carbocycles. The number of rotatable bonds is 3. The molecule has 0 unspecified atom stereocenters. The van der Waals surface area contributed by atoms with Crippen molar-refractivity contribution in [3.63, 3.8) is 0 Å². The van der Waals surface area contributed by atoms with Crippen LogP contribution in [0, 0.1) is 6.92 Å². The van der Waals surface area contributed by atoms with Gasteiger partial charge in [0.1, 0.15) is 0 Å². The van der Waals surface area contributed by atoms with Crippen molar-refractivity contribution in [3.8, 4) is 0 Å². The zero-order valence-electron chi connectivity index (χ0n) is 13.5. The highest BCUT2D eigenvalue weighted by Crippen LogP contribution is 2.28. The summed E-state index contributed by atoms with van der Waals surface area (Å²) in [5.74, 6) is 0.0202. The van der Waals surface area contributed by atoms with E-state index in [9.17, 15) is 4.79 Å². The van der Waals surface area contributed by atoms with Gasteiger partial charge < -0.3 is 9.84 Å². The summed E-state index contributed by atoms with van der Waals surface area (Å²) < 4.78 is 7.22. The molecule has 1 N–H and O–H groups in total. The van der Waals surface area contributed by atoms with Crippen LogP contribution in [0.4, 0.5) is 0 Å². The average Bonchev–Trinajstić information content (AvgIpc) is 3.22. The third-order valence-corrected chi connectivity index (χ3v) is 4.60. The molecular weight excluding hydrogens is 306 g/mol. The average molecular weight is 325 g/mol. The van der Waals surface area contributed by atoms with Gasteiger partial charge in [0.15, 0.2) is 0 Å². The van der Waals surface area contributed by atoms with Crippen LogP contribution in [0.15, 0.2) is 35.2 Å². The molecule has 0 radical (unpaired) electrons. The standard InChI is InChI=1S/C17H19N5O2/c1-11-9-19-22(10-11)13-6-4-12(5-7-13)20-17(23)15-14-3-2-8-18-16(14)21-24-15/h2-3,8-10,12-13H,4-7H2,1H3,(H,20,23). The largest absolute Gasteiger partial charge is 0.348 e. The topological polar surface area (TPSA) is 85.8 Å². The van der Waals surface area contributed by atoms with Gasteiger partial charge in [0.05, 0.1) is 17.6 Å². The number of aryl methyl sites for hydroxylation is 1. The highest BCUT2D eigenvalue weighted by Gasteiger charge is 2.26. The molecule has 0 aromatic carbocycles. The van der Waals surface area contributed by atoms with E-state index in [2.05, 4.69) is 26.8 Å². The van der Waals surface area contributed by atoms with E-state index in [1.54, 1.807) is 18.3 Å². The Hall–Kier alpha value is -2.70. The van der Waals surface area contributed by atoms with Crippen LogP contribution in [-0.4, -0.2) is 31.9 Å². The molecule has 7 nitrogen and oxygen atoms in total. The summed E-state index contributed by atoms with van der Waals surface area (Å²) in [5.41, 5.74) is 1.64. The number of fused-ring (bicyclic) bond motifs is 1. The van der Waals surface area contributed by atoms with Gasteiger partial charge in [-0.2, -0.15) is 5.10 Å². The highest BCUT2D eigenvalue weighted by atomic mass is 16.5. The van der Waals surface area contributed by atoms with Crippen molar-refractivity contribution in [2.24, 2.45) is 0 Å². The maximum atomic E-state index is 12.5. The van der Waals surface area contributed by atoms with E-state index in [1.165, 1.54) is 5.56 Å². The monoisotopic (exact) mass is 325 g/mol. The number of nitrogens with zero attached hydrogens (tertiary/aromatic N) is 4. The lowest BCUT2D eigenvalue weighted by molar-refractivity contribution is 0.0887. The second-order valence-corrected chi connectivity index (χ2v) is 6.36. The molecule has 3 aromatic rings. The number of carbonyl (C=O) groups is 1. The Kier molecular flexibility index (Phi) is 3.76. The van der Waals surface area contributed by atoms with E-state index in [0.717, 1.165) is 25.7 Å². The second-order valence-electron chi connectivity index (χ2n) is 6.36. The molecule has 1 amide bonds. The Morgan fingerprint density at radius 3 is 2.92 bits per heavy atom. The molecule has 1 aliphatic rings. The van der Waals surface area contributed by atoms with E-state index < -0.39 is 0 Å². The van der Waals surface area contributed by atoms with Crippen LogP contribution in [0.3, 0.4) is 0 Å². The molecule has 0 saturated heterocycles. The Morgan fingerprint density at radius 1 is 1.33 bits per heavy atom. The number of pyridine rings is 1. The second kappa shape index (κ2) is 6.07. The van der Waals surface area contributed by atoms with Gasteiger partial charge in [0.2, 0.25) is 11.4 Å². The van der Waals surface area contributed by atoms with Gasteiger partial charge in [-0.15, -0.1) is 0 Å². The van der Waals surface area contributed by atoms with Crippen LogP contribution >= 0.6 is 0 Å². The van der Waals surface area contributed by atoms with Crippen molar-refractivity contribution >= 4 is 16.9 Å². The van der Waals surface area contributed by atoms with Crippen LogP contribution in [0.5, 0.6) is 0 Å². The Morgan fingerprint density at radius 2 is 2.17 bits per heavy atom. The molecule has 3 aromatic heterocycles. The fourth-order valence-electron chi connectivity index (χ4n) is 3.32. The van der Waals surface area contributed by atoms with Gasteiger partial charge >= 0.3 is 0 Å². The summed E-state index contributed by atoms with van der Waals surface area (Å²) in [6, 6.07) is 4.14. The minimum atomic E-state index is -0.219. The number of aromatic nitrogens is 4. The number of amides is 1. The quantitative estimate of drug-likeness (QED) is 0.800.